The molecule has 0 bridgehead atoms. The summed E-state index contributed by atoms with van der Waals surface area (Å²) in [5.74, 6) is -0.437. The van der Waals surface area contributed by atoms with E-state index in [0.29, 0.717) is 12.2 Å². The lowest BCUT2D eigenvalue weighted by Gasteiger charge is -2.28. The molecule has 0 atom stereocenters. The number of ether oxygens (including phenoxy) is 1. The van der Waals surface area contributed by atoms with Gasteiger partial charge < -0.3 is 15.0 Å². The summed E-state index contributed by atoms with van der Waals surface area (Å²) in [7, 11) is 0. The second kappa shape index (κ2) is 7.38. The van der Waals surface area contributed by atoms with Crippen molar-refractivity contribution in [2.24, 2.45) is 0 Å². The summed E-state index contributed by atoms with van der Waals surface area (Å²) >= 11 is 0. The Labute approximate surface area is 147 Å². The SMILES string of the molecule is CC(C)Oc1ccc(NC(=O)C(=O)N2CCCc3ccccc32)cc1. The van der Waals surface area contributed by atoms with Gasteiger partial charge in [-0.15, -0.1) is 0 Å². The quantitative estimate of drug-likeness (QED) is 0.873. The Balaban J connectivity index is 1.68. The Morgan fingerprint density at radius 1 is 1.08 bits per heavy atom. The van der Waals surface area contributed by atoms with Crippen molar-refractivity contribution < 1.29 is 14.3 Å². The van der Waals surface area contributed by atoms with Gasteiger partial charge in [0.1, 0.15) is 5.75 Å². The van der Waals surface area contributed by atoms with E-state index in [4.69, 9.17) is 4.74 Å². The van der Waals surface area contributed by atoms with Gasteiger partial charge in [0, 0.05) is 17.9 Å². The average Bonchev–Trinajstić information content (AvgIpc) is 2.62. The van der Waals surface area contributed by atoms with Gasteiger partial charge >= 0.3 is 11.8 Å². The Morgan fingerprint density at radius 3 is 2.52 bits per heavy atom. The van der Waals surface area contributed by atoms with Gasteiger partial charge in [-0.05, 0) is 62.6 Å². The van der Waals surface area contributed by atoms with E-state index >= 15 is 0 Å². The zero-order chi connectivity index (χ0) is 17.8. The maximum absolute atomic E-state index is 12.6. The minimum Gasteiger partial charge on any atom is -0.491 e. The van der Waals surface area contributed by atoms with Crippen molar-refractivity contribution in [3.8, 4) is 5.75 Å². The van der Waals surface area contributed by atoms with Crippen LogP contribution in [0.25, 0.3) is 0 Å². The molecule has 0 radical (unpaired) electrons. The molecule has 0 fully saturated rings. The molecule has 0 unspecified atom stereocenters. The van der Waals surface area contributed by atoms with Crippen molar-refractivity contribution in [2.75, 3.05) is 16.8 Å². The number of anilines is 2. The zero-order valence-corrected chi connectivity index (χ0v) is 14.5. The number of fused-ring (bicyclic) bond motifs is 1. The van der Waals surface area contributed by atoms with Crippen molar-refractivity contribution in [3.05, 3.63) is 54.1 Å². The molecule has 0 saturated carbocycles. The van der Waals surface area contributed by atoms with Crippen LogP contribution in [0.3, 0.4) is 0 Å². The fraction of sp³-hybridized carbons (Fsp3) is 0.300. The number of rotatable bonds is 3. The van der Waals surface area contributed by atoms with Gasteiger partial charge in [0.05, 0.1) is 6.10 Å². The Bertz CT molecular complexity index is 769. The molecule has 25 heavy (non-hydrogen) atoms. The predicted octanol–water partition coefficient (Wildman–Crippen LogP) is 3.39. The maximum Gasteiger partial charge on any atom is 0.316 e. The third-order valence-electron chi connectivity index (χ3n) is 4.03. The lowest BCUT2D eigenvalue weighted by molar-refractivity contribution is -0.134. The van der Waals surface area contributed by atoms with Crippen LogP contribution in [0.1, 0.15) is 25.8 Å². The van der Waals surface area contributed by atoms with Crippen molar-refractivity contribution in [1.82, 2.24) is 0 Å². The molecule has 0 spiro atoms. The van der Waals surface area contributed by atoms with E-state index in [1.807, 2.05) is 38.1 Å². The molecule has 0 aliphatic carbocycles. The third-order valence-corrected chi connectivity index (χ3v) is 4.03. The first-order valence-electron chi connectivity index (χ1n) is 8.52. The van der Waals surface area contributed by atoms with Crippen LogP contribution in [0.4, 0.5) is 11.4 Å². The molecule has 130 valence electrons. The first-order valence-corrected chi connectivity index (χ1v) is 8.52. The van der Waals surface area contributed by atoms with Crippen LogP contribution in [-0.4, -0.2) is 24.5 Å². The number of para-hydroxylation sites is 1. The van der Waals surface area contributed by atoms with Gasteiger partial charge in [0.25, 0.3) is 0 Å². The summed E-state index contributed by atoms with van der Waals surface area (Å²) in [5.41, 5.74) is 2.50. The molecule has 1 aliphatic rings. The van der Waals surface area contributed by atoms with Crippen molar-refractivity contribution in [3.63, 3.8) is 0 Å². The van der Waals surface area contributed by atoms with E-state index in [0.717, 1.165) is 29.8 Å². The average molecular weight is 338 g/mol. The molecule has 2 aromatic carbocycles. The molecule has 1 N–H and O–H groups in total. The van der Waals surface area contributed by atoms with Gasteiger partial charge in [0.15, 0.2) is 0 Å². The van der Waals surface area contributed by atoms with E-state index in [9.17, 15) is 9.59 Å². The fourth-order valence-corrected chi connectivity index (χ4v) is 2.94. The second-order valence-corrected chi connectivity index (χ2v) is 6.33. The molecule has 5 heteroatoms. The molecule has 2 aromatic rings. The van der Waals surface area contributed by atoms with E-state index < -0.39 is 11.8 Å². The summed E-state index contributed by atoms with van der Waals surface area (Å²) in [4.78, 5) is 26.5. The van der Waals surface area contributed by atoms with Crippen LogP contribution in [0.2, 0.25) is 0 Å². The van der Waals surface area contributed by atoms with Crippen LogP contribution in [0, 0.1) is 0 Å². The topological polar surface area (TPSA) is 58.6 Å². The van der Waals surface area contributed by atoms with Crippen LogP contribution >= 0.6 is 0 Å². The van der Waals surface area contributed by atoms with Crippen molar-refractivity contribution in [2.45, 2.75) is 32.8 Å². The van der Waals surface area contributed by atoms with Crippen LogP contribution < -0.4 is 15.0 Å². The first-order chi connectivity index (χ1) is 12.0. The fourth-order valence-electron chi connectivity index (χ4n) is 2.94. The van der Waals surface area contributed by atoms with Gasteiger partial charge in [-0.25, -0.2) is 0 Å². The molecule has 2 amide bonds. The Morgan fingerprint density at radius 2 is 1.80 bits per heavy atom. The van der Waals surface area contributed by atoms with Gasteiger partial charge in [0.2, 0.25) is 0 Å². The number of amides is 2. The second-order valence-electron chi connectivity index (χ2n) is 6.33. The Kier molecular flexibility index (Phi) is 5.03. The number of carbonyl (C=O) groups excluding carboxylic acids is 2. The lowest BCUT2D eigenvalue weighted by Crippen LogP contribution is -2.42. The number of hydrogen-bond acceptors (Lipinski definition) is 3. The summed E-state index contributed by atoms with van der Waals surface area (Å²) in [6.45, 7) is 4.46. The zero-order valence-electron chi connectivity index (χ0n) is 14.5. The number of benzene rings is 2. The molecule has 5 nitrogen and oxygen atoms in total. The number of nitrogens with zero attached hydrogens (tertiary/aromatic N) is 1. The van der Waals surface area contributed by atoms with E-state index in [2.05, 4.69) is 5.32 Å². The molecular formula is C20H22N2O3. The summed E-state index contributed by atoms with van der Waals surface area (Å²) in [5, 5.41) is 2.66. The van der Waals surface area contributed by atoms with Crippen LogP contribution in [-0.2, 0) is 16.0 Å². The molecule has 0 aromatic heterocycles. The van der Waals surface area contributed by atoms with Crippen LogP contribution in [0.15, 0.2) is 48.5 Å². The number of aryl methyl sites for hydroxylation is 1. The van der Waals surface area contributed by atoms with Crippen LogP contribution in [0.5, 0.6) is 5.75 Å². The summed E-state index contributed by atoms with van der Waals surface area (Å²) in [6.07, 6.45) is 1.87. The summed E-state index contributed by atoms with van der Waals surface area (Å²) in [6, 6.07) is 14.7. The highest BCUT2D eigenvalue weighted by molar-refractivity contribution is 6.44. The lowest BCUT2D eigenvalue weighted by atomic mass is 10.0. The van der Waals surface area contributed by atoms with Gasteiger partial charge in [-0.3, -0.25) is 9.59 Å². The monoisotopic (exact) mass is 338 g/mol. The highest BCUT2D eigenvalue weighted by Gasteiger charge is 2.27. The van der Waals surface area contributed by atoms with E-state index in [1.165, 1.54) is 0 Å². The molecule has 0 saturated heterocycles. The number of hydrogen-bond donors (Lipinski definition) is 1. The standard InChI is InChI=1S/C20H22N2O3/c1-14(2)25-17-11-9-16(10-12-17)21-19(23)20(24)22-13-5-7-15-6-3-4-8-18(15)22/h3-4,6,8-12,14H,5,7,13H2,1-2H3,(H,21,23). The molecular weight excluding hydrogens is 316 g/mol. The smallest absolute Gasteiger partial charge is 0.316 e. The van der Waals surface area contributed by atoms with Crippen molar-refractivity contribution >= 4 is 23.2 Å². The highest BCUT2D eigenvalue weighted by Crippen LogP contribution is 2.27. The van der Waals surface area contributed by atoms with Gasteiger partial charge in [-0.1, -0.05) is 18.2 Å². The van der Waals surface area contributed by atoms with Crippen molar-refractivity contribution in [1.29, 1.82) is 0 Å². The maximum atomic E-state index is 12.6. The van der Waals surface area contributed by atoms with Gasteiger partial charge in [-0.2, -0.15) is 0 Å². The molecule has 3 rings (SSSR count). The predicted molar refractivity (Wildman–Crippen MR) is 98.0 cm³/mol. The highest BCUT2D eigenvalue weighted by atomic mass is 16.5. The van der Waals surface area contributed by atoms with E-state index in [1.54, 1.807) is 29.2 Å². The molecule has 1 aliphatic heterocycles. The number of nitrogens with one attached hydrogen (secondary N) is 1. The summed E-state index contributed by atoms with van der Waals surface area (Å²) < 4.78 is 5.57. The first kappa shape index (κ1) is 17.0. The Hall–Kier alpha value is -2.82. The minimum absolute atomic E-state index is 0.0844. The minimum atomic E-state index is -0.630. The molecule has 1 heterocycles. The number of carbonyl (C=O) groups is 2. The van der Waals surface area contributed by atoms with E-state index in [-0.39, 0.29) is 6.10 Å². The largest absolute Gasteiger partial charge is 0.491 e. The normalized spacial score (nSPS) is 13.3. The third kappa shape index (κ3) is 3.99.